The van der Waals surface area contributed by atoms with Crippen molar-refractivity contribution in [3.63, 3.8) is 0 Å². The first-order chi connectivity index (χ1) is 34.1. The Bertz CT molecular complexity index is 1080. The Morgan fingerprint density at radius 3 is 0.786 bits per heavy atom. The highest BCUT2D eigenvalue weighted by atomic mass is 16.9. The Kier molecular flexibility index (Phi) is 53.1. The molecule has 0 fully saturated rings. The van der Waals surface area contributed by atoms with Gasteiger partial charge in [0.25, 0.3) is 0 Å². The zero-order valence-electron chi connectivity index (χ0n) is 49.3. The molecule has 1 unspecified atom stereocenters. The summed E-state index contributed by atoms with van der Waals surface area (Å²) in [6.45, 7) is 22.8. The van der Waals surface area contributed by atoms with Crippen molar-refractivity contribution in [1.29, 1.82) is 0 Å². The summed E-state index contributed by atoms with van der Waals surface area (Å²) in [6.07, 6.45) is 64.0. The van der Waals surface area contributed by atoms with Crippen LogP contribution in [0.5, 0.6) is 0 Å². The molecule has 0 spiro atoms. The van der Waals surface area contributed by atoms with Gasteiger partial charge >= 0.3 is 5.97 Å². The van der Waals surface area contributed by atoms with Crippen molar-refractivity contribution in [2.75, 3.05) is 26.4 Å². The molecule has 0 aliphatic heterocycles. The van der Waals surface area contributed by atoms with E-state index < -0.39 is 5.97 Å². The van der Waals surface area contributed by atoms with Crippen molar-refractivity contribution in [2.24, 2.45) is 0 Å². The zero-order valence-corrected chi connectivity index (χ0v) is 49.3. The van der Waals surface area contributed by atoms with Gasteiger partial charge in [-0.3, -0.25) is 0 Å². The molecule has 0 N–H and O–H groups in total. The number of allylic oxidation sites excluding steroid dienone is 8. The molecule has 0 aromatic heterocycles. The Balaban J connectivity index is 5.80. The lowest BCUT2D eigenvalue weighted by Crippen LogP contribution is -2.52. The van der Waals surface area contributed by atoms with Crippen LogP contribution < -0.4 is 0 Å². The molecule has 0 saturated heterocycles. The normalized spacial score (nSPS) is 12.1. The average molecular weight is 984 g/mol. The molecule has 0 radical (unpaired) electrons. The predicted molar refractivity (Wildman–Crippen MR) is 312 cm³/mol. The lowest BCUT2D eigenvalue weighted by Gasteiger charge is -2.39. The average Bonchev–Trinajstić information content (AvgIpc) is 3.32. The third-order valence-electron chi connectivity index (χ3n) is 14.0. The minimum Gasteiger partial charge on any atom is -0.370 e. The van der Waals surface area contributed by atoms with Crippen LogP contribution in [0.2, 0.25) is 0 Å². The first-order valence-electron chi connectivity index (χ1n) is 31.2. The van der Waals surface area contributed by atoms with Gasteiger partial charge in [-0.05, 0) is 139 Å². The second kappa shape index (κ2) is 54.1. The van der Waals surface area contributed by atoms with Crippen molar-refractivity contribution in [2.45, 2.75) is 350 Å². The lowest BCUT2D eigenvalue weighted by atomic mass is 10.0. The van der Waals surface area contributed by atoms with E-state index in [4.69, 9.17) is 18.9 Å². The van der Waals surface area contributed by atoms with E-state index in [-0.39, 0.29) is 6.10 Å². The summed E-state index contributed by atoms with van der Waals surface area (Å²) in [5, 5.41) is 0. The van der Waals surface area contributed by atoms with Gasteiger partial charge in [-0.15, -0.1) is 0 Å². The minimum atomic E-state index is -1.13. The predicted octanol–water partition coefficient (Wildman–Crippen LogP) is 22.7. The van der Waals surface area contributed by atoms with Crippen molar-refractivity contribution in [3.05, 3.63) is 46.6 Å². The summed E-state index contributed by atoms with van der Waals surface area (Å²) in [4.78, 5) is 0. The van der Waals surface area contributed by atoms with Crippen LogP contribution >= 0.6 is 0 Å². The second-order valence-electron chi connectivity index (χ2n) is 22.7. The SMILES string of the molecule is CCCCCCCCC(OCCCCCCCCCCC=C(C)C)C(OCCCCCCCCCCC=C(C)C)(OCCCCCCCCCCC=C(C)C)OCCCCCCCCCCC=C(C)C. The zero-order chi connectivity index (χ0) is 51.3. The maximum absolute atomic E-state index is 7.07. The summed E-state index contributed by atoms with van der Waals surface area (Å²) < 4.78 is 28.2. The first-order valence-corrected chi connectivity index (χ1v) is 31.2. The van der Waals surface area contributed by atoms with Gasteiger partial charge in [0.05, 0.1) is 19.8 Å². The van der Waals surface area contributed by atoms with Gasteiger partial charge < -0.3 is 18.9 Å². The Morgan fingerprint density at radius 1 is 0.286 bits per heavy atom. The van der Waals surface area contributed by atoms with Crippen LogP contribution in [0.4, 0.5) is 0 Å². The van der Waals surface area contributed by atoms with E-state index in [1.54, 1.807) is 0 Å². The molecule has 0 aromatic carbocycles. The van der Waals surface area contributed by atoms with Crippen LogP contribution in [-0.2, 0) is 18.9 Å². The number of hydrogen-bond acceptors (Lipinski definition) is 4. The van der Waals surface area contributed by atoms with E-state index >= 15 is 0 Å². The van der Waals surface area contributed by atoms with Crippen LogP contribution in [0.1, 0.15) is 338 Å². The lowest BCUT2D eigenvalue weighted by molar-refractivity contribution is -0.419. The van der Waals surface area contributed by atoms with Crippen molar-refractivity contribution in [1.82, 2.24) is 0 Å². The molecule has 4 nitrogen and oxygen atoms in total. The molecule has 0 heterocycles. The van der Waals surface area contributed by atoms with Gasteiger partial charge in [-0.1, -0.05) is 246 Å². The molecule has 70 heavy (non-hydrogen) atoms. The Labute approximate surface area is 440 Å². The number of unbranched alkanes of at least 4 members (excludes halogenated alkanes) is 37. The van der Waals surface area contributed by atoms with Crippen molar-refractivity contribution in [3.8, 4) is 0 Å². The molecule has 4 heteroatoms. The molecule has 0 bridgehead atoms. The van der Waals surface area contributed by atoms with Gasteiger partial charge in [0, 0.05) is 6.61 Å². The van der Waals surface area contributed by atoms with Crippen LogP contribution in [0.3, 0.4) is 0 Å². The maximum atomic E-state index is 7.07. The fourth-order valence-electron chi connectivity index (χ4n) is 9.54. The van der Waals surface area contributed by atoms with Gasteiger partial charge in [0.1, 0.15) is 6.10 Å². The maximum Gasteiger partial charge on any atom is 0.310 e. The van der Waals surface area contributed by atoms with E-state index in [1.807, 2.05) is 0 Å². The summed E-state index contributed by atoms with van der Waals surface area (Å²) in [5.74, 6) is -1.13. The van der Waals surface area contributed by atoms with Crippen LogP contribution in [-0.4, -0.2) is 38.5 Å². The van der Waals surface area contributed by atoms with E-state index in [9.17, 15) is 0 Å². The number of rotatable bonds is 56. The summed E-state index contributed by atoms with van der Waals surface area (Å²) in [5.41, 5.74) is 5.80. The molecule has 0 aromatic rings. The van der Waals surface area contributed by atoms with E-state index in [2.05, 4.69) is 86.6 Å². The largest absolute Gasteiger partial charge is 0.370 e. The molecular formula is C66H126O4. The second-order valence-corrected chi connectivity index (χ2v) is 22.7. The quantitative estimate of drug-likeness (QED) is 0.0346. The van der Waals surface area contributed by atoms with Gasteiger partial charge in [-0.25, -0.2) is 0 Å². The summed E-state index contributed by atoms with van der Waals surface area (Å²) in [7, 11) is 0. The third-order valence-corrected chi connectivity index (χ3v) is 14.0. The molecule has 0 saturated carbocycles. The Hall–Kier alpha value is -1.20. The molecule has 0 amide bonds. The van der Waals surface area contributed by atoms with Gasteiger partial charge in [-0.2, -0.15) is 0 Å². The van der Waals surface area contributed by atoms with E-state index in [1.165, 1.54) is 260 Å². The van der Waals surface area contributed by atoms with Crippen molar-refractivity contribution >= 4 is 0 Å². The first kappa shape index (κ1) is 68.8. The standard InChI is InChI=1S/C66H126O4/c1-10-11-12-13-38-47-56-65(67-57-48-39-30-22-14-18-26-34-43-52-61(2)3)66(68-58-49-40-31-23-15-19-27-35-44-53-62(4)5,69-59-50-41-32-24-16-20-28-36-45-54-63(6)7)70-60-51-42-33-25-17-21-29-37-46-55-64(8)9/h52-55,65H,10-51,56-60H2,1-9H3. The van der Waals surface area contributed by atoms with Gasteiger partial charge in [0.15, 0.2) is 0 Å². The number of ether oxygens (including phenoxy) is 4. The van der Waals surface area contributed by atoms with Crippen LogP contribution in [0, 0.1) is 0 Å². The Morgan fingerprint density at radius 2 is 0.514 bits per heavy atom. The monoisotopic (exact) mass is 983 g/mol. The highest BCUT2D eigenvalue weighted by molar-refractivity contribution is 4.94. The highest BCUT2D eigenvalue weighted by Gasteiger charge is 2.43. The molecular weight excluding hydrogens is 857 g/mol. The minimum absolute atomic E-state index is 0.205. The highest BCUT2D eigenvalue weighted by Crippen LogP contribution is 2.30. The molecule has 414 valence electrons. The molecule has 0 aliphatic rings. The summed E-state index contributed by atoms with van der Waals surface area (Å²) >= 11 is 0. The molecule has 0 aliphatic carbocycles. The smallest absolute Gasteiger partial charge is 0.310 e. The van der Waals surface area contributed by atoms with E-state index in [0.717, 1.165) is 45.1 Å². The van der Waals surface area contributed by atoms with Crippen molar-refractivity contribution < 1.29 is 18.9 Å². The fraction of sp³-hybridized carbons (Fsp3) is 0.879. The van der Waals surface area contributed by atoms with Crippen LogP contribution in [0.25, 0.3) is 0 Å². The topological polar surface area (TPSA) is 36.9 Å². The third kappa shape index (κ3) is 50.3. The molecule has 0 rings (SSSR count). The molecule has 1 atom stereocenters. The fourth-order valence-corrected chi connectivity index (χ4v) is 9.54. The number of hydrogen-bond donors (Lipinski definition) is 0. The summed E-state index contributed by atoms with van der Waals surface area (Å²) in [6, 6.07) is 0. The van der Waals surface area contributed by atoms with E-state index in [0.29, 0.717) is 19.8 Å². The van der Waals surface area contributed by atoms with Crippen LogP contribution in [0.15, 0.2) is 46.6 Å². The van der Waals surface area contributed by atoms with Gasteiger partial charge in [0.2, 0.25) is 0 Å².